The number of nitrogens with zero attached hydrogens (tertiary/aromatic N) is 2. The zero-order valence-electron chi connectivity index (χ0n) is 9.79. The predicted octanol–water partition coefficient (Wildman–Crippen LogP) is 3.69. The van der Waals surface area contributed by atoms with Crippen molar-refractivity contribution < 1.29 is 0 Å². The summed E-state index contributed by atoms with van der Waals surface area (Å²) < 4.78 is 1.98. The van der Waals surface area contributed by atoms with E-state index in [1.54, 1.807) is 0 Å². The maximum atomic E-state index is 4.56. The first-order chi connectivity index (χ1) is 7.63. The number of alkyl halides is 1. The molecule has 1 heterocycles. The van der Waals surface area contributed by atoms with Crippen molar-refractivity contribution in [2.45, 2.75) is 26.1 Å². The molecule has 0 saturated heterocycles. The van der Waals surface area contributed by atoms with Crippen molar-refractivity contribution in [3.63, 3.8) is 0 Å². The van der Waals surface area contributed by atoms with Gasteiger partial charge in [0.25, 0.3) is 0 Å². The first-order valence-electron chi connectivity index (χ1n) is 5.31. The van der Waals surface area contributed by atoms with Crippen molar-refractivity contribution in [3.8, 4) is 5.69 Å². The van der Waals surface area contributed by atoms with Crippen molar-refractivity contribution in [1.29, 1.82) is 0 Å². The van der Waals surface area contributed by atoms with Gasteiger partial charge in [0.15, 0.2) is 0 Å². The van der Waals surface area contributed by atoms with Crippen LogP contribution in [0.25, 0.3) is 5.69 Å². The average Bonchev–Trinajstić information content (AvgIpc) is 2.59. The van der Waals surface area contributed by atoms with E-state index in [4.69, 9.17) is 0 Å². The van der Waals surface area contributed by atoms with Crippen LogP contribution >= 0.6 is 15.9 Å². The van der Waals surface area contributed by atoms with Crippen LogP contribution in [0.1, 0.15) is 22.4 Å². The van der Waals surface area contributed by atoms with Gasteiger partial charge < -0.3 is 0 Å². The molecule has 2 nitrogen and oxygen atoms in total. The van der Waals surface area contributed by atoms with Crippen LogP contribution < -0.4 is 0 Å². The minimum Gasteiger partial charge on any atom is -0.240 e. The van der Waals surface area contributed by atoms with Gasteiger partial charge in [-0.3, -0.25) is 0 Å². The van der Waals surface area contributed by atoms with Gasteiger partial charge in [-0.05, 0) is 31.9 Å². The lowest BCUT2D eigenvalue weighted by molar-refractivity contribution is 0.848. The van der Waals surface area contributed by atoms with Crippen LogP contribution in [0.15, 0.2) is 24.4 Å². The number of aryl methyl sites for hydroxylation is 3. The molecule has 84 valence electrons. The van der Waals surface area contributed by atoms with E-state index in [0.29, 0.717) is 0 Å². The summed E-state index contributed by atoms with van der Waals surface area (Å²) in [5.41, 5.74) is 6.02. The minimum atomic E-state index is 0.851. The fourth-order valence-electron chi connectivity index (χ4n) is 1.91. The van der Waals surface area contributed by atoms with Gasteiger partial charge in [0.05, 0.1) is 11.4 Å². The Morgan fingerprint density at radius 1 is 1.19 bits per heavy atom. The Bertz CT molecular complexity index is 494. The lowest BCUT2D eigenvalue weighted by Crippen LogP contribution is -2.00. The number of hydrogen-bond acceptors (Lipinski definition) is 1. The van der Waals surface area contributed by atoms with Crippen molar-refractivity contribution in [3.05, 3.63) is 46.8 Å². The predicted molar refractivity (Wildman–Crippen MR) is 70.4 cm³/mol. The zero-order chi connectivity index (χ0) is 11.7. The maximum absolute atomic E-state index is 4.56. The molecule has 0 aliphatic carbocycles. The van der Waals surface area contributed by atoms with Crippen molar-refractivity contribution in [2.75, 3.05) is 0 Å². The normalized spacial score (nSPS) is 10.8. The smallest absolute Gasteiger partial charge is 0.0704 e. The van der Waals surface area contributed by atoms with E-state index in [2.05, 4.69) is 59.3 Å². The SMILES string of the molecule is Cc1cccc(C)c1-n1cc(CBr)c(C)n1. The van der Waals surface area contributed by atoms with Gasteiger partial charge in [-0.15, -0.1) is 0 Å². The molecule has 1 aromatic heterocycles. The number of hydrogen-bond donors (Lipinski definition) is 0. The van der Waals surface area contributed by atoms with E-state index >= 15 is 0 Å². The van der Waals surface area contributed by atoms with Crippen molar-refractivity contribution >= 4 is 15.9 Å². The molecule has 16 heavy (non-hydrogen) atoms. The summed E-state index contributed by atoms with van der Waals surface area (Å²) in [4.78, 5) is 0. The van der Waals surface area contributed by atoms with Crippen LogP contribution in [0.2, 0.25) is 0 Å². The third-order valence-electron chi connectivity index (χ3n) is 2.81. The molecule has 0 aliphatic heterocycles. The molecule has 0 atom stereocenters. The third kappa shape index (κ3) is 1.92. The molecule has 0 amide bonds. The summed E-state index contributed by atoms with van der Waals surface area (Å²) in [6.07, 6.45) is 2.10. The van der Waals surface area contributed by atoms with Crippen molar-refractivity contribution in [1.82, 2.24) is 9.78 Å². The Morgan fingerprint density at radius 2 is 1.81 bits per heavy atom. The third-order valence-corrected chi connectivity index (χ3v) is 3.42. The molecule has 1 aromatic carbocycles. The highest BCUT2D eigenvalue weighted by atomic mass is 79.9. The van der Waals surface area contributed by atoms with Crippen LogP contribution in [0.5, 0.6) is 0 Å². The summed E-state index contributed by atoms with van der Waals surface area (Å²) in [6, 6.07) is 6.32. The van der Waals surface area contributed by atoms with E-state index in [0.717, 1.165) is 11.0 Å². The molecule has 0 spiro atoms. The average molecular weight is 279 g/mol. The number of rotatable bonds is 2. The van der Waals surface area contributed by atoms with Crippen LogP contribution in [0.4, 0.5) is 0 Å². The number of para-hydroxylation sites is 1. The molecule has 2 rings (SSSR count). The number of benzene rings is 1. The Labute approximate surface area is 104 Å². The number of aromatic nitrogens is 2. The Kier molecular flexibility index (Phi) is 3.15. The lowest BCUT2D eigenvalue weighted by Gasteiger charge is -2.08. The van der Waals surface area contributed by atoms with Crippen LogP contribution in [0, 0.1) is 20.8 Å². The van der Waals surface area contributed by atoms with Gasteiger partial charge in [0.2, 0.25) is 0 Å². The van der Waals surface area contributed by atoms with Gasteiger partial charge >= 0.3 is 0 Å². The molecule has 0 fully saturated rings. The first kappa shape index (κ1) is 11.4. The fourth-order valence-corrected chi connectivity index (χ4v) is 2.46. The highest BCUT2D eigenvalue weighted by molar-refractivity contribution is 9.08. The molecule has 3 heteroatoms. The second-order valence-electron chi connectivity index (χ2n) is 4.06. The van der Waals surface area contributed by atoms with Gasteiger partial charge in [-0.1, -0.05) is 34.1 Å². The number of halogens is 1. The van der Waals surface area contributed by atoms with E-state index < -0.39 is 0 Å². The molecule has 0 bridgehead atoms. The standard InChI is InChI=1S/C13H15BrN2/c1-9-5-4-6-10(2)13(9)16-8-12(7-14)11(3)15-16/h4-6,8H,7H2,1-3H3. The summed E-state index contributed by atoms with van der Waals surface area (Å²) >= 11 is 3.48. The summed E-state index contributed by atoms with van der Waals surface area (Å²) in [5, 5.41) is 5.41. The molecular formula is C13H15BrN2. The lowest BCUT2D eigenvalue weighted by atomic mass is 10.1. The van der Waals surface area contributed by atoms with Crippen LogP contribution in [-0.4, -0.2) is 9.78 Å². The first-order valence-corrected chi connectivity index (χ1v) is 6.43. The Morgan fingerprint density at radius 3 is 2.31 bits per heavy atom. The molecule has 0 saturated carbocycles. The summed E-state index contributed by atoms with van der Waals surface area (Å²) in [5.74, 6) is 0. The van der Waals surface area contributed by atoms with Gasteiger partial charge in [-0.2, -0.15) is 5.10 Å². The van der Waals surface area contributed by atoms with E-state index in [9.17, 15) is 0 Å². The monoisotopic (exact) mass is 278 g/mol. The fraction of sp³-hybridized carbons (Fsp3) is 0.308. The van der Waals surface area contributed by atoms with Crippen LogP contribution in [0.3, 0.4) is 0 Å². The molecule has 2 aromatic rings. The topological polar surface area (TPSA) is 17.8 Å². The highest BCUT2D eigenvalue weighted by Crippen LogP contribution is 2.20. The molecule has 0 unspecified atom stereocenters. The Hall–Kier alpha value is -1.09. The van der Waals surface area contributed by atoms with E-state index in [-0.39, 0.29) is 0 Å². The second-order valence-corrected chi connectivity index (χ2v) is 4.62. The van der Waals surface area contributed by atoms with Gasteiger partial charge in [0.1, 0.15) is 0 Å². The Balaban J connectivity index is 2.58. The summed E-state index contributed by atoms with van der Waals surface area (Å²) in [7, 11) is 0. The van der Waals surface area contributed by atoms with E-state index in [1.165, 1.54) is 22.4 Å². The maximum Gasteiger partial charge on any atom is 0.0704 e. The largest absolute Gasteiger partial charge is 0.240 e. The quantitative estimate of drug-likeness (QED) is 0.766. The van der Waals surface area contributed by atoms with Gasteiger partial charge in [-0.25, -0.2) is 4.68 Å². The van der Waals surface area contributed by atoms with Crippen molar-refractivity contribution in [2.24, 2.45) is 0 Å². The van der Waals surface area contributed by atoms with E-state index in [1.807, 2.05) is 11.6 Å². The van der Waals surface area contributed by atoms with Gasteiger partial charge in [0, 0.05) is 17.1 Å². The van der Waals surface area contributed by atoms with Crippen LogP contribution in [-0.2, 0) is 5.33 Å². The molecule has 0 aliphatic rings. The molecular weight excluding hydrogens is 264 g/mol. The molecule has 0 N–H and O–H groups in total. The minimum absolute atomic E-state index is 0.851. The highest BCUT2D eigenvalue weighted by Gasteiger charge is 2.08. The second kappa shape index (κ2) is 4.42. The zero-order valence-corrected chi connectivity index (χ0v) is 11.4. The summed E-state index contributed by atoms with van der Waals surface area (Å²) in [6.45, 7) is 6.28. The molecule has 0 radical (unpaired) electrons.